The average Bonchev–Trinajstić information content (AvgIpc) is 2.04. The quantitative estimate of drug-likeness (QED) is 0.689. The third-order valence-electron chi connectivity index (χ3n) is 2.92. The summed E-state index contributed by atoms with van der Waals surface area (Å²) in [6, 6.07) is 0.544. The Bertz CT molecular complexity index is 145. The van der Waals surface area contributed by atoms with Gasteiger partial charge in [0.1, 0.15) is 0 Å². The number of piperidine rings is 1. The SMILES string of the molecule is CC(C)(C)C(O)CC1CCCCN1. The van der Waals surface area contributed by atoms with E-state index < -0.39 is 0 Å². The summed E-state index contributed by atoms with van der Waals surface area (Å²) in [7, 11) is 0. The molecule has 0 amide bonds. The molecule has 0 saturated carbocycles. The van der Waals surface area contributed by atoms with Crippen LogP contribution in [0.4, 0.5) is 0 Å². The Morgan fingerprint density at radius 2 is 2.08 bits per heavy atom. The van der Waals surface area contributed by atoms with Crippen molar-refractivity contribution in [3.05, 3.63) is 0 Å². The van der Waals surface area contributed by atoms with Crippen molar-refractivity contribution in [3.8, 4) is 0 Å². The lowest BCUT2D eigenvalue weighted by Gasteiger charge is -2.31. The number of aliphatic hydroxyl groups is 1. The summed E-state index contributed by atoms with van der Waals surface area (Å²) in [5.74, 6) is 0. The molecule has 1 aliphatic heterocycles. The van der Waals surface area contributed by atoms with Crippen LogP contribution in [-0.2, 0) is 0 Å². The number of rotatable bonds is 2. The Kier molecular flexibility index (Phi) is 3.74. The van der Waals surface area contributed by atoms with Crippen LogP contribution in [0.25, 0.3) is 0 Å². The van der Waals surface area contributed by atoms with Crippen LogP contribution < -0.4 is 5.32 Å². The van der Waals surface area contributed by atoms with Crippen LogP contribution in [-0.4, -0.2) is 23.8 Å². The van der Waals surface area contributed by atoms with Gasteiger partial charge in [-0.2, -0.15) is 0 Å². The van der Waals surface area contributed by atoms with Crippen molar-refractivity contribution in [1.82, 2.24) is 5.32 Å². The standard InChI is InChI=1S/C11H23NO/c1-11(2,3)10(13)8-9-6-4-5-7-12-9/h9-10,12-13H,4-8H2,1-3H3. The van der Waals surface area contributed by atoms with Crippen molar-refractivity contribution in [2.75, 3.05) is 6.54 Å². The highest BCUT2D eigenvalue weighted by Crippen LogP contribution is 2.24. The lowest BCUT2D eigenvalue weighted by molar-refractivity contribution is 0.0436. The van der Waals surface area contributed by atoms with Crippen molar-refractivity contribution < 1.29 is 5.11 Å². The van der Waals surface area contributed by atoms with Gasteiger partial charge in [-0.3, -0.25) is 0 Å². The highest BCUT2D eigenvalue weighted by molar-refractivity contribution is 4.81. The highest BCUT2D eigenvalue weighted by Gasteiger charge is 2.25. The molecule has 2 nitrogen and oxygen atoms in total. The second kappa shape index (κ2) is 4.43. The summed E-state index contributed by atoms with van der Waals surface area (Å²) >= 11 is 0. The maximum Gasteiger partial charge on any atom is 0.0603 e. The molecule has 1 rings (SSSR count). The second-order valence-electron chi connectivity index (χ2n) is 5.26. The minimum atomic E-state index is -0.178. The van der Waals surface area contributed by atoms with Crippen LogP contribution in [0.1, 0.15) is 46.5 Å². The molecule has 1 heterocycles. The molecule has 0 aromatic carbocycles. The molecule has 78 valence electrons. The molecule has 1 saturated heterocycles. The van der Waals surface area contributed by atoms with Gasteiger partial charge in [-0.15, -0.1) is 0 Å². The maximum atomic E-state index is 9.90. The summed E-state index contributed by atoms with van der Waals surface area (Å²) in [4.78, 5) is 0. The highest BCUT2D eigenvalue weighted by atomic mass is 16.3. The zero-order chi connectivity index (χ0) is 9.90. The van der Waals surface area contributed by atoms with Gasteiger partial charge in [-0.05, 0) is 31.2 Å². The monoisotopic (exact) mass is 185 g/mol. The molecule has 1 aliphatic rings. The van der Waals surface area contributed by atoms with E-state index in [0.29, 0.717) is 6.04 Å². The van der Waals surface area contributed by atoms with E-state index in [1.54, 1.807) is 0 Å². The van der Waals surface area contributed by atoms with Crippen LogP contribution in [0.15, 0.2) is 0 Å². The zero-order valence-corrected chi connectivity index (χ0v) is 9.14. The van der Waals surface area contributed by atoms with Crippen LogP contribution in [0.5, 0.6) is 0 Å². The van der Waals surface area contributed by atoms with Gasteiger partial charge < -0.3 is 10.4 Å². The summed E-state index contributed by atoms with van der Waals surface area (Å²) in [5.41, 5.74) is 0.0269. The third-order valence-corrected chi connectivity index (χ3v) is 2.92. The van der Waals surface area contributed by atoms with Gasteiger partial charge in [0.2, 0.25) is 0 Å². The molecule has 0 aliphatic carbocycles. The first-order chi connectivity index (χ1) is 6.00. The molecular weight excluding hydrogens is 162 g/mol. The number of hydrogen-bond donors (Lipinski definition) is 2. The predicted octanol–water partition coefficient (Wildman–Crippen LogP) is 1.93. The summed E-state index contributed by atoms with van der Waals surface area (Å²) in [6.45, 7) is 7.42. The summed E-state index contributed by atoms with van der Waals surface area (Å²) in [5, 5.41) is 13.4. The minimum absolute atomic E-state index is 0.0269. The molecule has 2 atom stereocenters. The van der Waals surface area contributed by atoms with Gasteiger partial charge in [-0.1, -0.05) is 27.2 Å². The smallest absolute Gasteiger partial charge is 0.0603 e. The molecule has 0 bridgehead atoms. The topological polar surface area (TPSA) is 32.3 Å². The van der Waals surface area contributed by atoms with E-state index in [1.165, 1.54) is 19.3 Å². The van der Waals surface area contributed by atoms with Crippen molar-refractivity contribution in [3.63, 3.8) is 0 Å². The fourth-order valence-corrected chi connectivity index (χ4v) is 1.75. The average molecular weight is 185 g/mol. The fraction of sp³-hybridized carbons (Fsp3) is 1.00. The fourth-order valence-electron chi connectivity index (χ4n) is 1.75. The van der Waals surface area contributed by atoms with Crippen LogP contribution in [0.3, 0.4) is 0 Å². The predicted molar refractivity (Wildman–Crippen MR) is 55.7 cm³/mol. The Balaban J connectivity index is 2.30. The molecule has 2 heteroatoms. The second-order valence-corrected chi connectivity index (χ2v) is 5.26. The lowest BCUT2D eigenvalue weighted by atomic mass is 9.84. The molecule has 0 spiro atoms. The van der Waals surface area contributed by atoms with Gasteiger partial charge >= 0.3 is 0 Å². The van der Waals surface area contributed by atoms with E-state index in [1.807, 2.05) is 0 Å². The Hall–Kier alpha value is -0.0800. The van der Waals surface area contributed by atoms with E-state index >= 15 is 0 Å². The van der Waals surface area contributed by atoms with Crippen molar-refractivity contribution in [2.24, 2.45) is 5.41 Å². The van der Waals surface area contributed by atoms with Gasteiger partial charge in [0.05, 0.1) is 6.10 Å². The van der Waals surface area contributed by atoms with Gasteiger partial charge in [0, 0.05) is 6.04 Å². The Morgan fingerprint density at radius 3 is 2.54 bits per heavy atom. The molecule has 0 aromatic rings. The van der Waals surface area contributed by atoms with Gasteiger partial charge in [0.15, 0.2) is 0 Å². The molecule has 13 heavy (non-hydrogen) atoms. The van der Waals surface area contributed by atoms with E-state index in [4.69, 9.17) is 0 Å². The van der Waals surface area contributed by atoms with Crippen molar-refractivity contribution in [1.29, 1.82) is 0 Å². The van der Waals surface area contributed by atoms with E-state index in [9.17, 15) is 5.11 Å². The minimum Gasteiger partial charge on any atom is -0.393 e. The van der Waals surface area contributed by atoms with Gasteiger partial charge in [-0.25, -0.2) is 0 Å². The molecular formula is C11H23NO. The Morgan fingerprint density at radius 1 is 1.38 bits per heavy atom. The van der Waals surface area contributed by atoms with Gasteiger partial charge in [0.25, 0.3) is 0 Å². The lowest BCUT2D eigenvalue weighted by Crippen LogP contribution is -2.40. The molecule has 2 N–H and O–H groups in total. The van der Waals surface area contributed by atoms with E-state index in [0.717, 1.165) is 13.0 Å². The van der Waals surface area contributed by atoms with Crippen LogP contribution in [0.2, 0.25) is 0 Å². The molecule has 0 radical (unpaired) electrons. The van der Waals surface area contributed by atoms with E-state index in [2.05, 4.69) is 26.1 Å². The number of nitrogens with one attached hydrogen (secondary N) is 1. The molecule has 0 aromatic heterocycles. The summed E-state index contributed by atoms with van der Waals surface area (Å²) in [6.07, 6.45) is 4.57. The summed E-state index contributed by atoms with van der Waals surface area (Å²) < 4.78 is 0. The van der Waals surface area contributed by atoms with Crippen LogP contribution >= 0.6 is 0 Å². The molecule has 1 fully saturated rings. The maximum absolute atomic E-state index is 9.90. The van der Waals surface area contributed by atoms with Crippen LogP contribution in [0, 0.1) is 5.41 Å². The largest absolute Gasteiger partial charge is 0.393 e. The zero-order valence-electron chi connectivity index (χ0n) is 9.14. The molecule has 2 unspecified atom stereocenters. The van der Waals surface area contributed by atoms with E-state index in [-0.39, 0.29) is 11.5 Å². The number of hydrogen-bond acceptors (Lipinski definition) is 2. The normalized spacial score (nSPS) is 27.2. The Labute approximate surface area is 81.7 Å². The van der Waals surface area contributed by atoms with Crippen molar-refractivity contribution >= 4 is 0 Å². The first-order valence-electron chi connectivity index (χ1n) is 5.41. The third kappa shape index (κ3) is 3.65. The number of aliphatic hydroxyl groups excluding tert-OH is 1. The first kappa shape index (κ1) is 11.0. The van der Waals surface area contributed by atoms with Crippen molar-refractivity contribution in [2.45, 2.75) is 58.6 Å². The first-order valence-corrected chi connectivity index (χ1v) is 5.41.